The zero-order valence-electron chi connectivity index (χ0n) is 20.7. The summed E-state index contributed by atoms with van der Waals surface area (Å²) in [4.78, 5) is 28.4. The summed E-state index contributed by atoms with van der Waals surface area (Å²) in [7, 11) is 0. The average molecular weight is 478 g/mol. The van der Waals surface area contributed by atoms with Crippen molar-refractivity contribution in [3.63, 3.8) is 0 Å². The molecule has 2 aliphatic heterocycles. The number of ether oxygens (including phenoxy) is 2. The highest BCUT2D eigenvalue weighted by Crippen LogP contribution is 2.40. The molecule has 5 rings (SSSR count). The van der Waals surface area contributed by atoms with Crippen LogP contribution >= 0.6 is 0 Å². The van der Waals surface area contributed by atoms with Gasteiger partial charge in [-0.15, -0.1) is 0 Å². The van der Waals surface area contributed by atoms with Gasteiger partial charge >= 0.3 is 0 Å². The number of amides is 2. The van der Waals surface area contributed by atoms with E-state index in [1.807, 2.05) is 42.2 Å². The maximum Gasteiger partial charge on any atom is 0.268 e. The Labute approximate surface area is 207 Å². The van der Waals surface area contributed by atoms with E-state index in [0.29, 0.717) is 25.5 Å². The third kappa shape index (κ3) is 5.78. The van der Waals surface area contributed by atoms with Crippen molar-refractivity contribution in [3.05, 3.63) is 53.6 Å². The quantitative estimate of drug-likeness (QED) is 0.597. The Morgan fingerprint density at radius 3 is 2.57 bits per heavy atom. The molecule has 2 aromatic rings. The molecule has 1 aliphatic carbocycles. The lowest BCUT2D eigenvalue weighted by molar-refractivity contribution is -0.123. The molecular weight excluding hydrogens is 442 g/mol. The summed E-state index contributed by atoms with van der Waals surface area (Å²) >= 11 is 0. The molecule has 0 spiro atoms. The van der Waals surface area contributed by atoms with E-state index in [-0.39, 0.29) is 17.9 Å². The van der Waals surface area contributed by atoms with Crippen LogP contribution < -0.4 is 19.7 Å². The first-order valence-electron chi connectivity index (χ1n) is 12.8. The summed E-state index contributed by atoms with van der Waals surface area (Å²) in [5.41, 5.74) is 3.25. The van der Waals surface area contributed by atoms with Crippen molar-refractivity contribution in [2.45, 2.75) is 57.6 Å². The molecule has 2 saturated heterocycles. The molecule has 0 bridgehead atoms. The summed E-state index contributed by atoms with van der Waals surface area (Å²) in [5.74, 6) is 2.34. The molecule has 2 atom stereocenters. The summed E-state index contributed by atoms with van der Waals surface area (Å²) in [5, 5.41) is 2.99. The molecular formula is C28H35N3O4. The molecule has 0 radical (unpaired) electrons. The maximum atomic E-state index is 13.0. The van der Waals surface area contributed by atoms with Crippen LogP contribution in [0, 0.1) is 6.92 Å². The predicted molar refractivity (Wildman–Crippen MR) is 135 cm³/mol. The van der Waals surface area contributed by atoms with Crippen molar-refractivity contribution in [1.29, 1.82) is 0 Å². The molecule has 3 aliphatic rings. The van der Waals surface area contributed by atoms with E-state index in [1.54, 1.807) is 6.92 Å². The number of carbonyl (C=O) groups excluding carboxylic acids is 2. The Kier molecular flexibility index (Phi) is 6.95. The summed E-state index contributed by atoms with van der Waals surface area (Å²) < 4.78 is 12.1. The van der Waals surface area contributed by atoms with Gasteiger partial charge < -0.3 is 19.7 Å². The zero-order valence-corrected chi connectivity index (χ0v) is 20.7. The van der Waals surface area contributed by atoms with Gasteiger partial charge in [0.15, 0.2) is 6.10 Å². The Balaban J connectivity index is 1.11. The molecule has 2 heterocycles. The summed E-state index contributed by atoms with van der Waals surface area (Å²) in [6.45, 7) is 7.47. The first-order valence-corrected chi connectivity index (χ1v) is 12.8. The van der Waals surface area contributed by atoms with Crippen LogP contribution in [0.15, 0.2) is 42.5 Å². The van der Waals surface area contributed by atoms with Crippen molar-refractivity contribution in [3.8, 4) is 11.5 Å². The van der Waals surface area contributed by atoms with E-state index in [1.165, 1.54) is 18.4 Å². The van der Waals surface area contributed by atoms with Gasteiger partial charge in [0, 0.05) is 51.3 Å². The van der Waals surface area contributed by atoms with E-state index >= 15 is 0 Å². The number of nitrogens with zero attached hydrogens (tertiary/aromatic N) is 2. The molecule has 1 N–H and O–H groups in total. The normalized spacial score (nSPS) is 22.5. The molecule has 186 valence electrons. The fourth-order valence-corrected chi connectivity index (χ4v) is 5.11. The molecule has 0 aromatic heterocycles. The Hall–Kier alpha value is -3.06. The minimum atomic E-state index is -0.445. The van der Waals surface area contributed by atoms with Crippen molar-refractivity contribution in [1.82, 2.24) is 10.2 Å². The number of aryl methyl sites for hydroxylation is 1. The lowest BCUT2D eigenvalue weighted by Gasteiger charge is -2.20. The van der Waals surface area contributed by atoms with E-state index in [2.05, 4.69) is 22.3 Å². The second kappa shape index (κ2) is 10.3. The van der Waals surface area contributed by atoms with E-state index in [9.17, 15) is 9.59 Å². The topological polar surface area (TPSA) is 71.1 Å². The van der Waals surface area contributed by atoms with Gasteiger partial charge in [0.25, 0.3) is 5.91 Å². The number of benzene rings is 2. The maximum absolute atomic E-state index is 13.0. The lowest BCUT2D eigenvalue weighted by Crippen LogP contribution is -2.36. The minimum Gasteiger partial charge on any atom is -0.492 e. The van der Waals surface area contributed by atoms with E-state index in [4.69, 9.17) is 9.47 Å². The number of hydrogen-bond acceptors (Lipinski definition) is 5. The van der Waals surface area contributed by atoms with Gasteiger partial charge in [0.1, 0.15) is 18.1 Å². The standard InChI is InChI=1S/C28H35N3O4/c1-19-17-24(7-10-26(19)34-16-15-30-13-11-23(18-30)29-20(2)32)31-14-12-27(28(31)33)35-25-8-5-22(6-9-25)21-3-4-21/h5-10,17,21,23,27H,3-4,11-16,18H2,1-2H3,(H,29,32)/t23-,27+/m1/s1. The summed E-state index contributed by atoms with van der Waals surface area (Å²) in [6, 6.07) is 14.4. The van der Waals surface area contributed by atoms with Gasteiger partial charge in [0.05, 0.1) is 0 Å². The Morgan fingerprint density at radius 1 is 1.06 bits per heavy atom. The second-order valence-electron chi connectivity index (χ2n) is 10.0. The van der Waals surface area contributed by atoms with E-state index < -0.39 is 6.10 Å². The number of hydrogen-bond donors (Lipinski definition) is 1. The fraction of sp³-hybridized carbons (Fsp3) is 0.500. The third-order valence-electron chi connectivity index (χ3n) is 7.18. The fourth-order valence-electron chi connectivity index (χ4n) is 5.11. The molecule has 35 heavy (non-hydrogen) atoms. The van der Waals surface area contributed by atoms with Gasteiger partial charge in [-0.05, 0) is 73.6 Å². The van der Waals surface area contributed by atoms with Crippen LogP contribution in [0.25, 0.3) is 0 Å². The Bertz CT molecular complexity index is 1070. The molecule has 2 amide bonds. The highest BCUT2D eigenvalue weighted by atomic mass is 16.5. The molecule has 7 nitrogen and oxygen atoms in total. The molecule has 0 unspecified atom stereocenters. The smallest absolute Gasteiger partial charge is 0.268 e. The van der Waals surface area contributed by atoms with Crippen LogP contribution in [0.1, 0.15) is 49.7 Å². The van der Waals surface area contributed by atoms with Gasteiger partial charge in [-0.2, -0.15) is 0 Å². The molecule has 7 heteroatoms. The van der Waals surface area contributed by atoms with Gasteiger partial charge in [0.2, 0.25) is 5.91 Å². The van der Waals surface area contributed by atoms with E-state index in [0.717, 1.165) is 48.8 Å². The number of rotatable bonds is 9. The molecule has 2 aromatic carbocycles. The highest BCUT2D eigenvalue weighted by Gasteiger charge is 2.34. The van der Waals surface area contributed by atoms with Crippen LogP contribution in [-0.4, -0.2) is 61.6 Å². The second-order valence-corrected chi connectivity index (χ2v) is 10.0. The number of nitrogens with one attached hydrogen (secondary N) is 1. The van der Waals surface area contributed by atoms with Gasteiger partial charge in [-0.3, -0.25) is 14.5 Å². The van der Waals surface area contributed by atoms with Gasteiger partial charge in [-0.1, -0.05) is 12.1 Å². The lowest BCUT2D eigenvalue weighted by atomic mass is 10.1. The number of anilines is 1. The van der Waals surface area contributed by atoms with Gasteiger partial charge in [-0.25, -0.2) is 0 Å². The largest absolute Gasteiger partial charge is 0.492 e. The van der Waals surface area contributed by atoms with Crippen LogP contribution in [0.4, 0.5) is 5.69 Å². The molecule has 3 fully saturated rings. The number of likely N-dealkylation sites (tertiary alicyclic amines) is 1. The SMILES string of the molecule is CC(=O)N[C@@H]1CCN(CCOc2ccc(N3CC[C@H](Oc4ccc(C5CC5)cc4)C3=O)cc2C)C1. The molecule has 1 saturated carbocycles. The highest BCUT2D eigenvalue weighted by molar-refractivity contribution is 5.99. The monoisotopic (exact) mass is 477 g/mol. The summed E-state index contributed by atoms with van der Waals surface area (Å²) in [6.07, 6.45) is 3.76. The van der Waals surface area contributed by atoms with Crippen molar-refractivity contribution >= 4 is 17.5 Å². The van der Waals surface area contributed by atoms with Crippen molar-refractivity contribution in [2.24, 2.45) is 0 Å². The average Bonchev–Trinajstić information content (AvgIpc) is 3.50. The van der Waals surface area contributed by atoms with Crippen molar-refractivity contribution < 1.29 is 19.1 Å². The first kappa shape index (κ1) is 23.7. The van der Waals surface area contributed by atoms with Crippen molar-refractivity contribution in [2.75, 3.05) is 37.7 Å². The van der Waals surface area contributed by atoms with Crippen LogP contribution in [0.2, 0.25) is 0 Å². The number of carbonyl (C=O) groups is 2. The van der Waals surface area contributed by atoms with Crippen LogP contribution in [0.3, 0.4) is 0 Å². The van der Waals surface area contributed by atoms with Crippen LogP contribution in [0.5, 0.6) is 11.5 Å². The predicted octanol–water partition coefficient (Wildman–Crippen LogP) is 3.65. The minimum absolute atomic E-state index is 0.00657. The van der Waals surface area contributed by atoms with Crippen LogP contribution in [-0.2, 0) is 9.59 Å². The first-order chi connectivity index (χ1) is 17.0. The zero-order chi connectivity index (χ0) is 24.4. The Morgan fingerprint density at radius 2 is 1.86 bits per heavy atom. The third-order valence-corrected chi connectivity index (χ3v) is 7.18.